The fourth-order valence-electron chi connectivity index (χ4n) is 3.52. The molecule has 3 unspecified atom stereocenters. The molecule has 0 radical (unpaired) electrons. The van der Waals surface area contributed by atoms with Gasteiger partial charge < -0.3 is 10.2 Å². The van der Waals surface area contributed by atoms with Crippen molar-refractivity contribution in [1.29, 1.82) is 0 Å². The molecule has 1 amide bonds. The smallest absolute Gasteiger partial charge is 0.239 e. The molecule has 3 atom stereocenters. The molecule has 20 heavy (non-hydrogen) atoms. The van der Waals surface area contributed by atoms with E-state index in [-0.39, 0.29) is 11.9 Å². The molecule has 1 aliphatic heterocycles. The quantitative estimate of drug-likeness (QED) is 0.899. The summed E-state index contributed by atoms with van der Waals surface area (Å²) in [6.45, 7) is 0.711. The van der Waals surface area contributed by atoms with Crippen LogP contribution in [0.2, 0.25) is 0 Å². The monoisotopic (exact) mass is 356 g/mol. The lowest BCUT2D eigenvalue weighted by atomic mass is 9.85. The van der Waals surface area contributed by atoms with Crippen molar-refractivity contribution >= 4 is 33.2 Å². The van der Waals surface area contributed by atoms with E-state index in [9.17, 15) is 4.79 Å². The van der Waals surface area contributed by atoms with Crippen LogP contribution >= 0.6 is 27.3 Å². The number of thiophene rings is 1. The van der Waals surface area contributed by atoms with Crippen LogP contribution in [0.3, 0.4) is 0 Å². The highest BCUT2D eigenvalue weighted by Crippen LogP contribution is 2.33. The molecule has 1 saturated carbocycles. The summed E-state index contributed by atoms with van der Waals surface area (Å²) < 4.78 is 1.12. The Bertz CT molecular complexity index is 476. The van der Waals surface area contributed by atoms with Gasteiger partial charge in [-0.25, -0.2) is 0 Å². The van der Waals surface area contributed by atoms with Crippen LogP contribution in [0.5, 0.6) is 0 Å². The normalized spacial score (nSPS) is 29.2. The Morgan fingerprint density at radius 3 is 2.95 bits per heavy atom. The van der Waals surface area contributed by atoms with Crippen LogP contribution in [0, 0.1) is 5.92 Å². The molecule has 1 aliphatic carbocycles. The van der Waals surface area contributed by atoms with E-state index < -0.39 is 0 Å². The van der Waals surface area contributed by atoms with Gasteiger partial charge in [0.05, 0.1) is 16.4 Å². The lowest BCUT2D eigenvalue weighted by Crippen LogP contribution is -2.43. The van der Waals surface area contributed by atoms with Crippen molar-refractivity contribution in [2.45, 2.75) is 50.7 Å². The van der Waals surface area contributed by atoms with Crippen LogP contribution < -0.4 is 5.32 Å². The van der Waals surface area contributed by atoms with Crippen LogP contribution in [0.4, 0.5) is 0 Å². The van der Waals surface area contributed by atoms with Gasteiger partial charge in [0.2, 0.25) is 5.91 Å². The van der Waals surface area contributed by atoms with Gasteiger partial charge in [0.25, 0.3) is 0 Å². The maximum absolute atomic E-state index is 12.6. The molecule has 0 bridgehead atoms. The van der Waals surface area contributed by atoms with Crippen LogP contribution in [0.25, 0.3) is 0 Å². The van der Waals surface area contributed by atoms with Crippen LogP contribution in [0.1, 0.15) is 37.0 Å². The zero-order valence-corrected chi connectivity index (χ0v) is 14.2. The minimum absolute atomic E-state index is 0.0384. The van der Waals surface area contributed by atoms with Crippen molar-refractivity contribution in [3.63, 3.8) is 0 Å². The minimum atomic E-state index is 0.0384. The molecule has 1 aromatic heterocycles. The number of amides is 1. The summed E-state index contributed by atoms with van der Waals surface area (Å²) in [5.41, 5.74) is 0. The Kier molecular flexibility index (Phi) is 4.48. The molecule has 110 valence electrons. The van der Waals surface area contributed by atoms with Gasteiger partial charge >= 0.3 is 0 Å². The largest absolute Gasteiger partial charge is 0.339 e. The second-order valence-corrected chi connectivity index (χ2v) is 8.55. The first kappa shape index (κ1) is 14.5. The highest BCUT2D eigenvalue weighted by molar-refractivity contribution is 9.11. The lowest BCUT2D eigenvalue weighted by Gasteiger charge is -2.24. The lowest BCUT2D eigenvalue weighted by molar-refractivity contribution is -0.132. The number of nitrogens with zero attached hydrogens (tertiary/aromatic N) is 1. The maximum Gasteiger partial charge on any atom is 0.239 e. The van der Waals surface area contributed by atoms with E-state index in [0.29, 0.717) is 12.6 Å². The predicted octanol–water partition coefficient (Wildman–Crippen LogP) is 3.39. The van der Waals surface area contributed by atoms with Crippen molar-refractivity contribution < 1.29 is 4.79 Å². The number of nitrogens with one attached hydrogen (secondary N) is 1. The highest BCUT2D eigenvalue weighted by Gasteiger charge is 2.39. The maximum atomic E-state index is 12.6. The van der Waals surface area contributed by atoms with Gasteiger partial charge in [-0.15, -0.1) is 11.3 Å². The molecule has 2 heterocycles. The van der Waals surface area contributed by atoms with Gasteiger partial charge in [-0.05, 0) is 53.2 Å². The standard InChI is InChI=1S/C15H21BrN2OS/c1-18(9-11-6-7-14(16)20-11)15(19)13-8-10-4-2-3-5-12(10)17-13/h6-7,10,12-13,17H,2-5,8-9H2,1H3. The van der Waals surface area contributed by atoms with E-state index >= 15 is 0 Å². The van der Waals surface area contributed by atoms with Gasteiger partial charge in [-0.3, -0.25) is 4.79 Å². The number of carbonyl (C=O) groups is 1. The average Bonchev–Trinajstić information content (AvgIpc) is 3.03. The zero-order valence-electron chi connectivity index (χ0n) is 11.8. The molecular formula is C15H21BrN2OS. The summed E-state index contributed by atoms with van der Waals surface area (Å²) in [5, 5.41) is 3.57. The molecule has 1 N–H and O–H groups in total. The molecule has 3 nitrogen and oxygen atoms in total. The van der Waals surface area contributed by atoms with Gasteiger partial charge in [-0.1, -0.05) is 12.8 Å². The number of likely N-dealkylation sites (N-methyl/N-ethyl adjacent to an activating group) is 1. The molecule has 2 aliphatic rings. The summed E-state index contributed by atoms with van der Waals surface area (Å²) in [6.07, 6.45) is 6.22. The third-order valence-corrected chi connectivity index (χ3v) is 6.17. The van der Waals surface area contributed by atoms with Crippen molar-refractivity contribution in [2.24, 2.45) is 5.92 Å². The Morgan fingerprint density at radius 1 is 1.45 bits per heavy atom. The van der Waals surface area contributed by atoms with Crippen molar-refractivity contribution in [2.75, 3.05) is 7.05 Å². The summed E-state index contributed by atoms with van der Waals surface area (Å²) >= 11 is 5.17. The SMILES string of the molecule is CN(Cc1ccc(Br)s1)C(=O)C1CC2CCCCC2N1. The van der Waals surface area contributed by atoms with Gasteiger partial charge in [0, 0.05) is 18.0 Å². The number of fused-ring (bicyclic) bond motifs is 1. The highest BCUT2D eigenvalue weighted by atomic mass is 79.9. The number of hydrogen-bond donors (Lipinski definition) is 1. The molecule has 0 spiro atoms. The average molecular weight is 357 g/mol. The third kappa shape index (κ3) is 3.10. The Hall–Kier alpha value is -0.390. The predicted molar refractivity (Wildman–Crippen MR) is 85.8 cm³/mol. The fraction of sp³-hybridized carbons (Fsp3) is 0.667. The van der Waals surface area contributed by atoms with Gasteiger partial charge in [0.1, 0.15) is 0 Å². The van der Waals surface area contributed by atoms with Crippen LogP contribution in [-0.2, 0) is 11.3 Å². The van der Waals surface area contributed by atoms with E-state index in [0.717, 1.165) is 16.1 Å². The molecule has 3 rings (SSSR count). The summed E-state index contributed by atoms with van der Waals surface area (Å²) in [4.78, 5) is 15.6. The summed E-state index contributed by atoms with van der Waals surface area (Å²) in [7, 11) is 1.92. The van der Waals surface area contributed by atoms with Crippen LogP contribution in [0.15, 0.2) is 15.9 Å². The summed E-state index contributed by atoms with van der Waals surface area (Å²) in [6, 6.07) is 4.75. The Labute approximate surface area is 132 Å². The van der Waals surface area contributed by atoms with E-state index in [1.807, 2.05) is 18.0 Å². The molecule has 1 saturated heterocycles. The molecular weight excluding hydrogens is 336 g/mol. The second-order valence-electron chi connectivity index (χ2n) is 6.01. The van der Waals surface area contributed by atoms with Crippen molar-refractivity contribution in [1.82, 2.24) is 10.2 Å². The number of carbonyl (C=O) groups excluding carboxylic acids is 1. The van der Waals surface area contributed by atoms with E-state index in [4.69, 9.17) is 0 Å². The molecule has 5 heteroatoms. The van der Waals surface area contributed by atoms with Gasteiger partial charge in [-0.2, -0.15) is 0 Å². The minimum Gasteiger partial charge on any atom is -0.339 e. The van der Waals surface area contributed by atoms with Crippen molar-refractivity contribution in [3.05, 3.63) is 20.8 Å². The van der Waals surface area contributed by atoms with Crippen molar-refractivity contribution in [3.8, 4) is 0 Å². The molecule has 2 fully saturated rings. The van der Waals surface area contributed by atoms with Crippen LogP contribution in [-0.4, -0.2) is 29.9 Å². The number of rotatable bonds is 3. The number of hydrogen-bond acceptors (Lipinski definition) is 3. The summed E-state index contributed by atoms with van der Waals surface area (Å²) in [5.74, 6) is 0.978. The zero-order chi connectivity index (χ0) is 14.1. The Morgan fingerprint density at radius 2 is 2.25 bits per heavy atom. The first-order valence-corrected chi connectivity index (χ1v) is 8.99. The van der Waals surface area contributed by atoms with Gasteiger partial charge in [0.15, 0.2) is 0 Å². The fourth-order valence-corrected chi connectivity index (χ4v) is 5.06. The van der Waals surface area contributed by atoms with E-state index in [1.54, 1.807) is 11.3 Å². The number of halogens is 1. The van der Waals surface area contributed by atoms with E-state index in [2.05, 4.69) is 27.3 Å². The first-order valence-electron chi connectivity index (χ1n) is 7.38. The first-order chi connectivity index (χ1) is 9.63. The second kappa shape index (κ2) is 6.16. The molecule has 1 aromatic rings. The third-order valence-electron chi connectivity index (χ3n) is 4.56. The topological polar surface area (TPSA) is 32.3 Å². The molecule has 0 aromatic carbocycles. The van der Waals surface area contributed by atoms with E-state index in [1.165, 1.54) is 30.6 Å². The Balaban J connectivity index is 1.58.